The molecule has 0 aliphatic rings. The fourth-order valence-corrected chi connectivity index (χ4v) is 3.67. The zero-order chi connectivity index (χ0) is 22.8. The van der Waals surface area contributed by atoms with Crippen LogP contribution in [0, 0.1) is 6.92 Å². The molecule has 0 aliphatic heterocycles. The summed E-state index contributed by atoms with van der Waals surface area (Å²) in [6.07, 6.45) is 1.88. The van der Waals surface area contributed by atoms with Crippen molar-refractivity contribution in [2.75, 3.05) is 13.1 Å². The summed E-state index contributed by atoms with van der Waals surface area (Å²) in [5, 5.41) is 0. The molecule has 168 valence electrons. The average molecular weight is 433 g/mol. The lowest BCUT2D eigenvalue weighted by Crippen LogP contribution is -2.42. The first-order valence-electron chi connectivity index (χ1n) is 11.2. The summed E-state index contributed by atoms with van der Waals surface area (Å²) in [4.78, 5) is 29.7. The van der Waals surface area contributed by atoms with Crippen molar-refractivity contribution >= 4 is 11.8 Å². The van der Waals surface area contributed by atoms with Crippen LogP contribution in [0.5, 0.6) is 0 Å². The molecule has 2 amide bonds. The van der Waals surface area contributed by atoms with Crippen molar-refractivity contribution in [3.05, 3.63) is 95.4 Å². The molecular weight excluding hydrogens is 400 g/mol. The van der Waals surface area contributed by atoms with Crippen LogP contribution in [-0.4, -0.2) is 34.7 Å². The molecule has 3 rings (SSSR count). The Kier molecular flexibility index (Phi) is 8.67. The van der Waals surface area contributed by atoms with Gasteiger partial charge in [0.15, 0.2) is 0 Å². The maximum atomic E-state index is 13.3. The van der Waals surface area contributed by atoms with Crippen molar-refractivity contribution in [3.8, 4) is 0 Å². The van der Waals surface area contributed by atoms with E-state index in [1.807, 2.05) is 86.6 Å². The lowest BCUT2D eigenvalue weighted by molar-refractivity contribution is -0.141. The van der Waals surface area contributed by atoms with Gasteiger partial charge in [-0.25, -0.2) is 0 Å². The molecule has 0 unspecified atom stereocenters. The van der Waals surface area contributed by atoms with Gasteiger partial charge in [-0.05, 0) is 43.0 Å². The number of hydrogen-bond donors (Lipinski definition) is 0. The van der Waals surface area contributed by atoms with Crippen molar-refractivity contribution < 1.29 is 14.0 Å². The van der Waals surface area contributed by atoms with Gasteiger partial charge in [-0.3, -0.25) is 9.59 Å². The first-order chi connectivity index (χ1) is 15.5. The normalized spacial score (nSPS) is 10.7. The SMILES string of the molecule is CCCN(CC(=O)N(Cc1ccccc1)Cc1ccc(C)o1)C(=O)CCc1ccccc1. The number of rotatable bonds is 11. The minimum Gasteiger partial charge on any atom is -0.464 e. The number of furan rings is 1. The van der Waals surface area contributed by atoms with E-state index >= 15 is 0 Å². The molecule has 2 aromatic carbocycles. The zero-order valence-corrected chi connectivity index (χ0v) is 19.0. The van der Waals surface area contributed by atoms with Crippen LogP contribution in [0.1, 0.15) is 42.4 Å². The fraction of sp³-hybridized carbons (Fsp3) is 0.333. The van der Waals surface area contributed by atoms with Crippen LogP contribution >= 0.6 is 0 Å². The van der Waals surface area contributed by atoms with Gasteiger partial charge < -0.3 is 14.2 Å². The highest BCUT2D eigenvalue weighted by Gasteiger charge is 2.22. The Bertz CT molecular complexity index is 982. The molecule has 32 heavy (non-hydrogen) atoms. The molecule has 0 radical (unpaired) electrons. The topological polar surface area (TPSA) is 53.8 Å². The molecule has 0 atom stereocenters. The Balaban J connectivity index is 1.68. The highest BCUT2D eigenvalue weighted by Crippen LogP contribution is 2.14. The monoisotopic (exact) mass is 432 g/mol. The second-order valence-electron chi connectivity index (χ2n) is 8.05. The van der Waals surface area contributed by atoms with E-state index in [0.29, 0.717) is 32.5 Å². The van der Waals surface area contributed by atoms with Crippen LogP contribution in [0.3, 0.4) is 0 Å². The predicted octanol–water partition coefficient (Wildman–Crippen LogP) is 4.99. The standard InChI is InChI=1S/C27H32N2O3/c1-3-18-28(26(30)17-15-23-10-6-4-7-11-23)21-27(31)29(19-24-12-8-5-9-13-24)20-25-16-14-22(2)32-25/h4-14,16H,3,15,17-21H2,1-2H3. The molecule has 0 fully saturated rings. The van der Waals surface area contributed by atoms with Gasteiger partial charge in [-0.15, -0.1) is 0 Å². The van der Waals surface area contributed by atoms with Gasteiger partial charge in [0.05, 0.1) is 13.1 Å². The van der Waals surface area contributed by atoms with Gasteiger partial charge in [0.1, 0.15) is 11.5 Å². The molecule has 1 heterocycles. The summed E-state index contributed by atoms with van der Waals surface area (Å²) in [5.41, 5.74) is 2.17. The van der Waals surface area contributed by atoms with Crippen molar-refractivity contribution in [2.45, 2.75) is 46.2 Å². The number of amides is 2. The van der Waals surface area contributed by atoms with Crippen LogP contribution in [0.2, 0.25) is 0 Å². The summed E-state index contributed by atoms with van der Waals surface area (Å²) in [7, 11) is 0. The Morgan fingerprint density at radius 3 is 2.03 bits per heavy atom. The molecule has 0 bridgehead atoms. The van der Waals surface area contributed by atoms with Gasteiger partial charge in [0.25, 0.3) is 0 Å². The van der Waals surface area contributed by atoms with Gasteiger partial charge in [0.2, 0.25) is 11.8 Å². The van der Waals surface area contributed by atoms with E-state index in [1.165, 1.54) is 0 Å². The van der Waals surface area contributed by atoms with E-state index in [0.717, 1.165) is 29.1 Å². The van der Waals surface area contributed by atoms with E-state index in [-0.39, 0.29) is 18.4 Å². The van der Waals surface area contributed by atoms with Gasteiger partial charge in [-0.2, -0.15) is 0 Å². The first kappa shape index (κ1) is 23.3. The quantitative estimate of drug-likeness (QED) is 0.429. The van der Waals surface area contributed by atoms with Crippen molar-refractivity contribution in [1.29, 1.82) is 0 Å². The second kappa shape index (κ2) is 11.9. The summed E-state index contributed by atoms with van der Waals surface area (Å²) >= 11 is 0. The average Bonchev–Trinajstić information content (AvgIpc) is 3.22. The van der Waals surface area contributed by atoms with Crippen LogP contribution in [0.25, 0.3) is 0 Å². The van der Waals surface area contributed by atoms with Gasteiger partial charge in [0, 0.05) is 19.5 Å². The highest BCUT2D eigenvalue weighted by molar-refractivity contribution is 5.85. The Hall–Kier alpha value is -3.34. The van der Waals surface area contributed by atoms with Crippen LogP contribution in [0.4, 0.5) is 0 Å². The van der Waals surface area contributed by atoms with Crippen LogP contribution < -0.4 is 0 Å². The molecule has 0 aliphatic carbocycles. The highest BCUT2D eigenvalue weighted by atomic mass is 16.3. The smallest absolute Gasteiger partial charge is 0.242 e. The molecule has 5 nitrogen and oxygen atoms in total. The minimum atomic E-state index is -0.0792. The largest absolute Gasteiger partial charge is 0.464 e. The van der Waals surface area contributed by atoms with Crippen molar-refractivity contribution in [3.63, 3.8) is 0 Å². The Morgan fingerprint density at radius 2 is 1.44 bits per heavy atom. The van der Waals surface area contributed by atoms with E-state index < -0.39 is 0 Å². The molecular formula is C27H32N2O3. The molecule has 5 heteroatoms. The molecule has 0 spiro atoms. The second-order valence-corrected chi connectivity index (χ2v) is 8.05. The Labute approximate surface area is 190 Å². The molecule has 0 N–H and O–H groups in total. The number of hydrogen-bond acceptors (Lipinski definition) is 3. The van der Waals surface area contributed by atoms with Crippen LogP contribution in [-0.2, 0) is 29.1 Å². The van der Waals surface area contributed by atoms with E-state index in [4.69, 9.17) is 4.42 Å². The number of nitrogens with zero attached hydrogens (tertiary/aromatic N) is 2. The van der Waals surface area contributed by atoms with Crippen LogP contribution in [0.15, 0.2) is 77.2 Å². The molecule has 3 aromatic rings. The zero-order valence-electron chi connectivity index (χ0n) is 19.0. The molecule has 0 saturated carbocycles. The maximum Gasteiger partial charge on any atom is 0.242 e. The van der Waals surface area contributed by atoms with Gasteiger partial charge >= 0.3 is 0 Å². The summed E-state index contributed by atoms with van der Waals surface area (Å²) < 4.78 is 5.71. The fourth-order valence-electron chi connectivity index (χ4n) is 3.67. The predicted molar refractivity (Wildman–Crippen MR) is 126 cm³/mol. The lowest BCUT2D eigenvalue weighted by Gasteiger charge is -2.27. The number of aryl methyl sites for hydroxylation is 2. The lowest BCUT2D eigenvalue weighted by atomic mass is 10.1. The van der Waals surface area contributed by atoms with Gasteiger partial charge in [-0.1, -0.05) is 67.6 Å². The third-order valence-electron chi connectivity index (χ3n) is 5.35. The summed E-state index contributed by atoms with van der Waals surface area (Å²) in [6.45, 7) is 5.40. The number of benzene rings is 2. The van der Waals surface area contributed by atoms with E-state index in [1.54, 1.807) is 9.80 Å². The first-order valence-corrected chi connectivity index (χ1v) is 11.2. The Morgan fingerprint density at radius 1 is 0.781 bits per heavy atom. The third-order valence-corrected chi connectivity index (χ3v) is 5.35. The van der Waals surface area contributed by atoms with E-state index in [2.05, 4.69) is 0 Å². The summed E-state index contributed by atoms with van der Waals surface area (Å²) in [6, 6.07) is 23.7. The number of carbonyl (C=O) groups is 2. The minimum absolute atomic E-state index is 0.0116. The van der Waals surface area contributed by atoms with Crippen molar-refractivity contribution in [1.82, 2.24) is 9.80 Å². The van der Waals surface area contributed by atoms with E-state index in [9.17, 15) is 9.59 Å². The molecule has 1 aromatic heterocycles. The molecule has 0 saturated heterocycles. The maximum absolute atomic E-state index is 13.3. The third kappa shape index (κ3) is 7.12. The number of carbonyl (C=O) groups excluding carboxylic acids is 2. The summed E-state index contributed by atoms with van der Waals surface area (Å²) in [5.74, 6) is 1.49. The van der Waals surface area contributed by atoms with Crippen molar-refractivity contribution in [2.24, 2.45) is 0 Å².